The quantitative estimate of drug-likeness (QED) is 0.171. The third-order valence-electron chi connectivity index (χ3n) is 13.5. The number of rotatable bonds is 8. The molecule has 19 nitrogen and oxygen atoms in total. The maximum atomic E-state index is 13.2. The second-order valence-corrected chi connectivity index (χ2v) is 18.4. The lowest BCUT2D eigenvalue weighted by molar-refractivity contribution is -0.144. The molecule has 69 heavy (non-hydrogen) atoms. The summed E-state index contributed by atoms with van der Waals surface area (Å²) in [6.07, 6.45) is 11.7. The van der Waals surface area contributed by atoms with Crippen molar-refractivity contribution in [1.29, 1.82) is 0 Å². The molecule has 0 radical (unpaired) electrons. The Balaban J connectivity index is 0.000000160. The van der Waals surface area contributed by atoms with Crippen LogP contribution in [0.15, 0.2) is 83.2 Å². The number of carbonyl (C=O) groups is 4. The van der Waals surface area contributed by atoms with E-state index < -0.39 is 17.2 Å². The molecule has 4 aromatic heterocycles. The Morgan fingerprint density at radius 1 is 0.623 bits per heavy atom. The van der Waals surface area contributed by atoms with Crippen molar-refractivity contribution in [2.24, 2.45) is 11.8 Å². The van der Waals surface area contributed by atoms with Crippen LogP contribution in [0.4, 0.5) is 8.78 Å². The number of carboxylic acids is 1. The molecule has 4 N–H and O–H groups in total. The number of hydrogen-bond acceptors (Lipinski definition) is 13. The molecule has 0 spiro atoms. The van der Waals surface area contributed by atoms with Crippen molar-refractivity contribution >= 4 is 45.5 Å². The monoisotopic (exact) mass is 952 g/mol. The van der Waals surface area contributed by atoms with Crippen LogP contribution in [0.2, 0.25) is 0 Å². The first kappa shape index (κ1) is 48.6. The van der Waals surface area contributed by atoms with E-state index in [1.54, 1.807) is 29.2 Å². The summed E-state index contributed by atoms with van der Waals surface area (Å²) in [5.41, 5.74) is -0.640. The van der Waals surface area contributed by atoms with E-state index in [0.29, 0.717) is 124 Å². The van der Waals surface area contributed by atoms with Gasteiger partial charge in [-0.25, -0.2) is 28.1 Å². The van der Waals surface area contributed by atoms with Crippen LogP contribution in [0.25, 0.3) is 33.4 Å². The predicted molar refractivity (Wildman–Crippen MR) is 246 cm³/mol. The fourth-order valence-corrected chi connectivity index (χ4v) is 9.28. The minimum Gasteiger partial charge on any atom is -0.481 e. The summed E-state index contributed by atoms with van der Waals surface area (Å²) in [6.45, 7) is 2.54. The number of aliphatic carboxylic acids is 1. The van der Waals surface area contributed by atoms with Gasteiger partial charge in [-0.1, -0.05) is 0 Å². The lowest BCUT2D eigenvalue weighted by atomic mass is 9.85. The Hall–Kier alpha value is -6.84. The summed E-state index contributed by atoms with van der Waals surface area (Å²) in [6, 6.07) is 11.5. The highest BCUT2D eigenvalue weighted by atomic mass is 19.1. The summed E-state index contributed by atoms with van der Waals surface area (Å²) in [7, 11) is 0. The second kappa shape index (κ2) is 20.8. The maximum Gasteiger partial charge on any atom is 0.306 e. The molecule has 2 saturated carbocycles. The first-order chi connectivity index (χ1) is 33.1. The highest BCUT2D eigenvalue weighted by Crippen LogP contribution is 2.29. The van der Waals surface area contributed by atoms with Gasteiger partial charge in [0.15, 0.2) is 11.3 Å². The third kappa shape index (κ3) is 11.4. The lowest BCUT2D eigenvalue weighted by Crippen LogP contribution is -2.51. The van der Waals surface area contributed by atoms with E-state index in [9.17, 15) is 47.8 Å². The summed E-state index contributed by atoms with van der Waals surface area (Å²) in [5.74, 6) is -1.37. The van der Waals surface area contributed by atoms with Crippen molar-refractivity contribution in [2.75, 3.05) is 26.2 Å². The summed E-state index contributed by atoms with van der Waals surface area (Å²) >= 11 is 0. The molecule has 21 heteroatoms. The van der Waals surface area contributed by atoms with Crippen LogP contribution in [0.1, 0.15) is 77.0 Å². The van der Waals surface area contributed by atoms with Gasteiger partial charge in [-0.15, -0.1) is 0 Å². The van der Waals surface area contributed by atoms with Crippen LogP contribution in [0.3, 0.4) is 0 Å². The Morgan fingerprint density at radius 3 is 1.45 bits per heavy atom. The van der Waals surface area contributed by atoms with Crippen LogP contribution in [-0.2, 0) is 32.3 Å². The molecule has 0 bridgehead atoms. The topological polar surface area (TPSA) is 250 Å². The van der Waals surface area contributed by atoms with E-state index in [1.807, 2.05) is 0 Å². The molecule has 6 aromatic rings. The highest BCUT2D eigenvalue weighted by molar-refractivity contribution is 5.85. The molecule has 2 aromatic carbocycles. The molecule has 10 rings (SSSR count). The van der Waals surface area contributed by atoms with Gasteiger partial charge in [-0.05, 0) is 113 Å². The normalized spacial score (nSPS) is 18.6. The number of benzene rings is 2. The maximum absolute atomic E-state index is 13.2. The number of nitrogens with zero attached hydrogens (tertiary/aromatic N) is 9. The van der Waals surface area contributed by atoms with E-state index in [0.717, 1.165) is 13.1 Å². The summed E-state index contributed by atoms with van der Waals surface area (Å²) < 4.78 is 32.1. The number of amides is 1. The number of nitrogens with one attached hydrogen (secondary N) is 1. The van der Waals surface area contributed by atoms with E-state index >= 15 is 0 Å². The van der Waals surface area contributed by atoms with Crippen molar-refractivity contribution in [3.8, 4) is 11.4 Å². The van der Waals surface area contributed by atoms with Crippen LogP contribution in [-0.4, -0.2) is 120 Å². The number of aliphatic hydroxyl groups is 2. The minimum atomic E-state index is -1.13. The fourth-order valence-electron chi connectivity index (χ4n) is 9.28. The number of aromatic nitrogens is 8. The average Bonchev–Trinajstić information content (AvgIpc) is 3.98. The van der Waals surface area contributed by atoms with Crippen molar-refractivity contribution in [3.63, 3.8) is 0 Å². The molecule has 2 aliphatic carbocycles. The lowest BCUT2D eigenvalue weighted by Gasteiger charge is -2.40. The van der Waals surface area contributed by atoms with E-state index in [-0.39, 0.29) is 65.2 Å². The predicted octanol–water partition coefficient (Wildman–Crippen LogP) is 3.50. The molecule has 2 saturated heterocycles. The standard InChI is InChI=1S/C24H26FN5O4.C17H18FN5O2.C7H10O3/c25-17-3-5-18(6-4-17)30-21-20(13-27-30)23(33)29(15-26-21)14-24(34)9-11-28(12-10-24)22(32)16-1-7-19(31)8-2-16;18-12-1-3-13(4-2-12)23-15-14(9-21-23)16(24)22(11-20-15)10-17(25)5-7-19-8-6-17;8-6-3-1-5(2-4-6)7(9)10/h3-6,13,15-16,34H,1-2,7-12,14H2;1-4,9,11,19,25H,5-8,10H2;5H,1-4H2,(H,9,10). The first-order valence-corrected chi connectivity index (χ1v) is 23.2. The molecule has 4 fully saturated rings. The Morgan fingerprint density at radius 2 is 1.03 bits per heavy atom. The summed E-state index contributed by atoms with van der Waals surface area (Å²) in [5, 5.41) is 42.6. The van der Waals surface area contributed by atoms with Gasteiger partial charge in [0.1, 0.15) is 46.6 Å². The summed E-state index contributed by atoms with van der Waals surface area (Å²) in [4.78, 5) is 81.5. The number of halogens is 2. The number of carbonyl (C=O) groups excluding carboxylic acids is 3. The number of fused-ring (bicyclic) bond motifs is 2. The van der Waals surface area contributed by atoms with Crippen molar-refractivity contribution < 1.29 is 43.3 Å². The fraction of sp³-hybridized carbons (Fsp3) is 0.458. The number of ketones is 2. The zero-order valence-electron chi connectivity index (χ0n) is 37.9. The van der Waals surface area contributed by atoms with Crippen LogP contribution >= 0.6 is 0 Å². The van der Waals surface area contributed by atoms with Crippen LogP contribution in [0, 0.1) is 23.5 Å². The van der Waals surface area contributed by atoms with Crippen molar-refractivity contribution in [3.05, 3.63) is 106 Å². The number of piperidine rings is 2. The first-order valence-electron chi connectivity index (χ1n) is 23.2. The largest absolute Gasteiger partial charge is 0.481 e. The van der Waals surface area contributed by atoms with Gasteiger partial charge in [-0.3, -0.25) is 37.9 Å². The Bertz CT molecular complexity index is 2930. The molecule has 364 valence electrons. The van der Waals surface area contributed by atoms with Crippen molar-refractivity contribution in [1.82, 2.24) is 48.9 Å². The van der Waals surface area contributed by atoms with Gasteiger partial charge in [0.05, 0.1) is 54.0 Å². The van der Waals surface area contributed by atoms with Gasteiger partial charge < -0.3 is 25.5 Å². The molecule has 2 aliphatic heterocycles. The third-order valence-corrected chi connectivity index (χ3v) is 13.5. The molecular formula is C48H54F2N10O9. The molecule has 4 aliphatic rings. The van der Waals surface area contributed by atoms with Gasteiger partial charge >= 0.3 is 5.97 Å². The molecule has 1 amide bonds. The smallest absolute Gasteiger partial charge is 0.306 e. The Kier molecular flexibility index (Phi) is 14.7. The molecule has 6 heterocycles. The van der Waals surface area contributed by atoms with Crippen LogP contribution < -0.4 is 16.4 Å². The van der Waals surface area contributed by atoms with Gasteiger partial charge in [0, 0.05) is 44.7 Å². The number of hydrogen-bond donors (Lipinski definition) is 4. The zero-order chi connectivity index (χ0) is 48.9. The van der Waals surface area contributed by atoms with Crippen LogP contribution in [0.5, 0.6) is 0 Å². The van der Waals surface area contributed by atoms with Gasteiger partial charge in [-0.2, -0.15) is 10.2 Å². The Labute approximate surface area is 393 Å². The molecule has 0 unspecified atom stereocenters. The van der Waals surface area contributed by atoms with Gasteiger partial charge in [0.25, 0.3) is 11.1 Å². The minimum absolute atomic E-state index is 0.0583. The zero-order valence-corrected chi connectivity index (χ0v) is 37.9. The molecule has 0 atom stereocenters. The van der Waals surface area contributed by atoms with Gasteiger partial charge in [0.2, 0.25) is 5.91 Å². The number of Topliss-reactive ketones (excluding diaryl/α,β-unsaturated/α-hetero) is 2. The van der Waals surface area contributed by atoms with E-state index in [2.05, 4.69) is 25.5 Å². The molecular weight excluding hydrogens is 899 g/mol. The number of carboxylic acid groups (broad SMARTS) is 1. The van der Waals surface area contributed by atoms with E-state index in [1.165, 1.54) is 67.8 Å². The number of likely N-dealkylation sites (tertiary alicyclic amines) is 1. The SMILES string of the molecule is O=C1CCC(C(=O)N2CCC(O)(Cn3cnc4c(cnn4-c4ccc(F)cc4)c3=O)CC2)CC1.O=C1CCC(C(=O)O)CC1.O=c1c2cnn(-c3ccc(F)cc3)c2ncn1CC1(O)CCNCC1. The second-order valence-electron chi connectivity index (χ2n) is 18.4. The highest BCUT2D eigenvalue weighted by Gasteiger charge is 2.37. The average molecular weight is 953 g/mol. The van der Waals surface area contributed by atoms with Crippen molar-refractivity contribution in [2.45, 2.75) is 101 Å². The van der Waals surface area contributed by atoms with E-state index in [4.69, 9.17) is 5.11 Å².